The standard InChI is InChI=1S/C23H26N2O2/c1-14(2)17-8-11-21-19(12-17)20(23(26)24-15(3)4)13-22(25-21)16-6-9-18(27-5)10-7-16/h6-15H,1-5H3,(H,24,26). The fourth-order valence-electron chi connectivity index (χ4n) is 3.04. The highest BCUT2D eigenvalue weighted by atomic mass is 16.5. The van der Waals surface area contributed by atoms with Crippen LogP contribution in [0.1, 0.15) is 49.5 Å². The number of methoxy groups -OCH3 is 1. The monoisotopic (exact) mass is 362 g/mol. The average molecular weight is 362 g/mol. The molecule has 3 aromatic rings. The van der Waals surface area contributed by atoms with Crippen LogP contribution in [0.4, 0.5) is 0 Å². The van der Waals surface area contributed by atoms with E-state index in [4.69, 9.17) is 9.72 Å². The van der Waals surface area contributed by atoms with Crippen LogP contribution in [0.5, 0.6) is 5.75 Å². The molecular formula is C23H26N2O2. The summed E-state index contributed by atoms with van der Waals surface area (Å²) in [5.74, 6) is 1.10. The van der Waals surface area contributed by atoms with E-state index in [0.717, 1.165) is 27.9 Å². The van der Waals surface area contributed by atoms with Crippen LogP contribution in [0.25, 0.3) is 22.2 Å². The molecule has 0 radical (unpaired) electrons. The molecule has 4 nitrogen and oxygen atoms in total. The number of nitrogens with zero attached hydrogens (tertiary/aromatic N) is 1. The van der Waals surface area contributed by atoms with Crippen LogP contribution >= 0.6 is 0 Å². The zero-order valence-corrected chi connectivity index (χ0v) is 16.5. The minimum Gasteiger partial charge on any atom is -0.497 e. The van der Waals surface area contributed by atoms with E-state index in [1.807, 2.05) is 50.2 Å². The molecule has 2 aromatic carbocycles. The van der Waals surface area contributed by atoms with Gasteiger partial charge in [-0.05, 0) is 67.8 Å². The first-order chi connectivity index (χ1) is 12.9. The van der Waals surface area contributed by atoms with Crippen molar-refractivity contribution >= 4 is 16.8 Å². The SMILES string of the molecule is COc1ccc(-c2cc(C(=O)NC(C)C)c3cc(C(C)C)ccc3n2)cc1. The summed E-state index contributed by atoms with van der Waals surface area (Å²) in [6.45, 7) is 8.22. The summed E-state index contributed by atoms with van der Waals surface area (Å²) in [5, 5.41) is 3.90. The van der Waals surface area contributed by atoms with E-state index in [1.165, 1.54) is 5.56 Å². The van der Waals surface area contributed by atoms with Gasteiger partial charge >= 0.3 is 0 Å². The number of hydrogen-bond acceptors (Lipinski definition) is 3. The second kappa shape index (κ2) is 7.78. The van der Waals surface area contributed by atoms with Gasteiger partial charge in [0.25, 0.3) is 5.91 Å². The zero-order chi connectivity index (χ0) is 19.6. The normalized spacial score (nSPS) is 11.2. The number of aromatic nitrogens is 1. The third kappa shape index (κ3) is 4.11. The molecule has 0 atom stereocenters. The molecule has 4 heteroatoms. The predicted molar refractivity (Wildman–Crippen MR) is 110 cm³/mol. The van der Waals surface area contributed by atoms with Crippen molar-refractivity contribution in [1.82, 2.24) is 10.3 Å². The number of amides is 1. The minimum atomic E-state index is -0.0759. The lowest BCUT2D eigenvalue weighted by atomic mass is 9.97. The van der Waals surface area contributed by atoms with Crippen LogP contribution in [-0.2, 0) is 0 Å². The van der Waals surface area contributed by atoms with Gasteiger partial charge in [-0.25, -0.2) is 4.98 Å². The second-order valence-corrected chi connectivity index (χ2v) is 7.34. The van der Waals surface area contributed by atoms with Gasteiger partial charge in [0, 0.05) is 17.0 Å². The van der Waals surface area contributed by atoms with Gasteiger partial charge in [-0.3, -0.25) is 4.79 Å². The lowest BCUT2D eigenvalue weighted by Crippen LogP contribution is -2.30. The Morgan fingerprint density at radius 3 is 2.30 bits per heavy atom. The van der Waals surface area contributed by atoms with Crippen molar-refractivity contribution in [2.45, 2.75) is 39.7 Å². The summed E-state index contributed by atoms with van der Waals surface area (Å²) < 4.78 is 5.23. The smallest absolute Gasteiger partial charge is 0.252 e. The lowest BCUT2D eigenvalue weighted by molar-refractivity contribution is 0.0944. The van der Waals surface area contributed by atoms with Crippen molar-refractivity contribution < 1.29 is 9.53 Å². The molecule has 1 aromatic heterocycles. The first-order valence-corrected chi connectivity index (χ1v) is 9.29. The molecule has 1 N–H and O–H groups in total. The topological polar surface area (TPSA) is 51.2 Å². The van der Waals surface area contributed by atoms with Gasteiger partial charge in [0.05, 0.1) is 23.9 Å². The van der Waals surface area contributed by atoms with Crippen molar-refractivity contribution in [3.8, 4) is 17.0 Å². The molecule has 27 heavy (non-hydrogen) atoms. The number of ether oxygens (including phenoxy) is 1. The van der Waals surface area contributed by atoms with Gasteiger partial charge < -0.3 is 10.1 Å². The number of pyridine rings is 1. The van der Waals surface area contributed by atoms with Gasteiger partial charge in [-0.2, -0.15) is 0 Å². The number of hydrogen-bond donors (Lipinski definition) is 1. The lowest BCUT2D eigenvalue weighted by Gasteiger charge is -2.14. The number of carbonyl (C=O) groups is 1. The Morgan fingerprint density at radius 1 is 1.00 bits per heavy atom. The first-order valence-electron chi connectivity index (χ1n) is 9.29. The van der Waals surface area contributed by atoms with Gasteiger partial charge in [0.2, 0.25) is 0 Å². The van der Waals surface area contributed by atoms with E-state index in [9.17, 15) is 4.79 Å². The molecule has 0 spiro atoms. The van der Waals surface area contributed by atoms with Crippen LogP contribution in [0.15, 0.2) is 48.5 Å². The Balaban J connectivity index is 2.18. The van der Waals surface area contributed by atoms with Crippen molar-refractivity contribution in [2.75, 3.05) is 7.11 Å². The number of benzene rings is 2. The highest BCUT2D eigenvalue weighted by molar-refractivity contribution is 6.07. The molecule has 0 unspecified atom stereocenters. The highest BCUT2D eigenvalue weighted by Crippen LogP contribution is 2.28. The molecular weight excluding hydrogens is 336 g/mol. The summed E-state index contributed by atoms with van der Waals surface area (Å²) in [6.07, 6.45) is 0. The molecule has 0 saturated carbocycles. The van der Waals surface area contributed by atoms with Gasteiger partial charge in [0.15, 0.2) is 0 Å². The quantitative estimate of drug-likeness (QED) is 0.681. The molecule has 140 valence electrons. The fourth-order valence-corrected chi connectivity index (χ4v) is 3.04. The van der Waals surface area contributed by atoms with Gasteiger partial charge in [-0.15, -0.1) is 0 Å². The predicted octanol–water partition coefficient (Wildman–Crippen LogP) is 5.17. The van der Waals surface area contributed by atoms with Crippen molar-refractivity contribution in [3.63, 3.8) is 0 Å². The fraction of sp³-hybridized carbons (Fsp3) is 0.304. The van der Waals surface area contributed by atoms with Crippen LogP contribution < -0.4 is 10.1 Å². The Bertz CT molecular complexity index is 960. The molecule has 0 bridgehead atoms. The molecule has 0 aliphatic rings. The maximum atomic E-state index is 12.9. The van der Waals surface area contributed by atoms with Gasteiger partial charge in [0.1, 0.15) is 5.75 Å². The molecule has 0 aliphatic heterocycles. The van der Waals surface area contributed by atoms with Crippen molar-refractivity contribution in [1.29, 1.82) is 0 Å². The summed E-state index contributed by atoms with van der Waals surface area (Å²) in [4.78, 5) is 17.7. The van der Waals surface area contributed by atoms with E-state index in [-0.39, 0.29) is 11.9 Å². The first kappa shape index (κ1) is 18.9. The van der Waals surface area contributed by atoms with E-state index < -0.39 is 0 Å². The van der Waals surface area contributed by atoms with Gasteiger partial charge in [-0.1, -0.05) is 19.9 Å². The van der Waals surface area contributed by atoms with E-state index in [1.54, 1.807) is 7.11 Å². The molecule has 1 amide bonds. The van der Waals surface area contributed by atoms with Crippen LogP contribution in [-0.4, -0.2) is 24.0 Å². The average Bonchev–Trinajstić information content (AvgIpc) is 2.66. The molecule has 0 fully saturated rings. The van der Waals surface area contributed by atoms with Crippen molar-refractivity contribution in [2.24, 2.45) is 0 Å². The number of fused-ring (bicyclic) bond motifs is 1. The number of carbonyl (C=O) groups excluding carboxylic acids is 1. The number of rotatable bonds is 5. The van der Waals surface area contributed by atoms with E-state index >= 15 is 0 Å². The summed E-state index contributed by atoms with van der Waals surface area (Å²) >= 11 is 0. The summed E-state index contributed by atoms with van der Waals surface area (Å²) in [7, 11) is 1.64. The third-order valence-corrected chi connectivity index (χ3v) is 4.55. The van der Waals surface area contributed by atoms with Crippen LogP contribution in [0.3, 0.4) is 0 Å². The van der Waals surface area contributed by atoms with Crippen LogP contribution in [0.2, 0.25) is 0 Å². The zero-order valence-electron chi connectivity index (χ0n) is 16.5. The highest BCUT2D eigenvalue weighted by Gasteiger charge is 2.16. The maximum Gasteiger partial charge on any atom is 0.252 e. The molecule has 0 aliphatic carbocycles. The van der Waals surface area contributed by atoms with E-state index in [2.05, 4.69) is 31.3 Å². The largest absolute Gasteiger partial charge is 0.497 e. The van der Waals surface area contributed by atoms with E-state index in [0.29, 0.717) is 11.5 Å². The third-order valence-electron chi connectivity index (χ3n) is 4.55. The van der Waals surface area contributed by atoms with Crippen molar-refractivity contribution in [3.05, 3.63) is 59.7 Å². The Morgan fingerprint density at radius 2 is 1.70 bits per heavy atom. The Labute approximate surface area is 160 Å². The summed E-state index contributed by atoms with van der Waals surface area (Å²) in [6, 6.07) is 15.8. The Hall–Kier alpha value is -2.88. The second-order valence-electron chi connectivity index (χ2n) is 7.34. The molecule has 3 rings (SSSR count). The number of nitrogens with one attached hydrogen (secondary N) is 1. The minimum absolute atomic E-state index is 0.0680. The molecule has 0 saturated heterocycles. The van der Waals surface area contributed by atoms with Crippen LogP contribution in [0, 0.1) is 0 Å². The maximum absolute atomic E-state index is 12.9. The summed E-state index contributed by atoms with van der Waals surface area (Å²) in [5.41, 5.74) is 4.39. The molecule has 1 heterocycles. The Kier molecular flexibility index (Phi) is 5.45.